The van der Waals surface area contributed by atoms with Gasteiger partial charge in [0.1, 0.15) is 10.3 Å². The second-order valence-corrected chi connectivity index (χ2v) is 11.2. The molecular formula is C22H28N4O4S2. The van der Waals surface area contributed by atoms with Gasteiger partial charge in [-0.3, -0.25) is 14.5 Å². The molecule has 2 N–H and O–H groups in total. The van der Waals surface area contributed by atoms with Gasteiger partial charge in [-0.05, 0) is 49.3 Å². The van der Waals surface area contributed by atoms with E-state index in [-0.39, 0.29) is 22.1 Å². The molecular weight excluding hydrogens is 448 g/mol. The summed E-state index contributed by atoms with van der Waals surface area (Å²) in [6.45, 7) is 2.09. The van der Waals surface area contributed by atoms with Crippen LogP contribution in [0, 0.1) is 0 Å². The van der Waals surface area contributed by atoms with Gasteiger partial charge in [-0.25, -0.2) is 8.42 Å². The number of amides is 2. The third-order valence-corrected chi connectivity index (χ3v) is 9.20. The van der Waals surface area contributed by atoms with Crippen LogP contribution < -0.4 is 10.6 Å². The van der Waals surface area contributed by atoms with Crippen molar-refractivity contribution in [1.29, 1.82) is 0 Å². The maximum Gasteiger partial charge on any atom is 0.253 e. The number of carbonyl (C=O) groups excluding carboxylic acids is 2. The Morgan fingerprint density at radius 3 is 2.44 bits per heavy atom. The number of hydrogen-bond acceptors (Lipinski definition) is 6. The Bertz CT molecular complexity index is 1020. The van der Waals surface area contributed by atoms with E-state index in [1.165, 1.54) is 15.6 Å². The average molecular weight is 477 g/mol. The van der Waals surface area contributed by atoms with E-state index >= 15 is 0 Å². The zero-order valence-electron chi connectivity index (χ0n) is 17.8. The standard InChI is InChI=1S/C22H28N4O4S2/c27-20(23-17-6-2-1-3-7-17)16-25-13-10-18(11-14-25)24-22(28)19-8-4-12-26(19)32(29,30)21-9-5-15-31-21/h1-3,5-7,9,15,18-19H,4,8,10-14,16H2,(H,23,27)(H,24,28). The molecule has 172 valence electrons. The third-order valence-electron chi connectivity index (χ3n) is 5.92. The molecule has 4 rings (SSSR count). The van der Waals surface area contributed by atoms with Crippen LogP contribution in [0.25, 0.3) is 0 Å². The number of carbonyl (C=O) groups is 2. The number of piperidine rings is 1. The van der Waals surface area contributed by atoms with Crippen LogP contribution >= 0.6 is 11.3 Å². The van der Waals surface area contributed by atoms with Crippen LogP contribution in [0.15, 0.2) is 52.1 Å². The number of sulfonamides is 1. The van der Waals surface area contributed by atoms with Crippen molar-refractivity contribution in [1.82, 2.24) is 14.5 Å². The highest BCUT2D eigenvalue weighted by Crippen LogP contribution is 2.29. The molecule has 1 aromatic heterocycles. The highest BCUT2D eigenvalue weighted by atomic mass is 32.2. The minimum Gasteiger partial charge on any atom is -0.352 e. The summed E-state index contributed by atoms with van der Waals surface area (Å²) in [5, 5.41) is 7.67. The Morgan fingerprint density at radius 2 is 1.75 bits per heavy atom. The highest BCUT2D eigenvalue weighted by Gasteiger charge is 2.40. The van der Waals surface area contributed by atoms with Gasteiger partial charge in [0.2, 0.25) is 11.8 Å². The summed E-state index contributed by atoms with van der Waals surface area (Å²) in [7, 11) is -3.64. The van der Waals surface area contributed by atoms with Gasteiger partial charge >= 0.3 is 0 Å². The van der Waals surface area contributed by atoms with Crippen molar-refractivity contribution in [2.45, 2.75) is 42.0 Å². The molecule has 10 heteroatoms. The molecule has 0 bridgehead atoms. The quantitative estimate of drug-likeness (QED) is 0.638. The lowest BCUT2D eigenvalue weighted by molar-refractivity contribution is -0.125. The van der Waals surface area contributed by atoms with E-state index in [0.717, 1.165) is 18.5 Å². The van der Waals surface area contributed by atoms with Crippen molar-refractivity contribution in [3.63, 3.8) is 0 Å². The van der Waals surface area contributed by atoms with Crippen LogP contribution in [0.2, 0.25) is 0 Å². The fraction of sp³-hybridized carbons (Fsp3) is 0.455. The number of benzene rings is 1. The molecule has 2 aliphatic heterocycles. The van der Waals surface area contributed by atoms with Crippen molar-refractivity contribution < 1.29 is 18.0 Å². The predicted octanol–water partition coefficient (Wildman–Crippen LogP) is 2.12. The van der Waals surface area contributed by atoms with Crippen molar-refractivity contribution in [2.24, 2.45) is 0 Å². The second-order valence-electron chi connectivity index (χ2n) is 8.18. The molecule has 32 heavy (non-hydrogen) atoms. The molecule has 2 amide bonds. The van der Waals surface area contributed by atoms with E-state index in [1.54, 1.807) is 17.5 Å². The molecule has 1 unspecified atom stereocenters. The minimum absolute atomic E-state index is 0.0113. The Kier molecular flexibility index (Phi) is 7.24. The number of anilines is 1. The number of nitrogens with one attached hydrogen (secondary N) is 2. The number of thiophene rings is 1. The summed E-state index contributed by atoms with van der Waals surface area (Å²) in [5.74, 6) is -0.276. The third kappa shape index (κ3) is 5.37. The zero-order valence-corrected chi connectivity index (χ0v) is 19.4. The molecule has 2 aliphatic rings. The topological polar surface area (TPSA) is 98.8 Å². The van der Waals surface area contributed by atoms with Crippen LogP contribution in [0.4, 0.5) is 5.69 Å². The van der Waals surface area contributed by atoms with E-state index < -0.39 is 16.1 Å². The van der Waals surface area contributed by atoms with E-state index in [9.17, 15) is 18.0 Å². The Morgan fingerprint density at radius 1 is 1.00 bits per heavy atom. The lowest BCUT2D eigenvalue weighted by Gasteiger charge is -2.33. The van der Waals surface area contributed by atoms with Crippen molar-refractivity contribution in [3.05, 3.63) is 47.8 Å². The fourth-order valence-electron chi connectivity index (χ4n) is 4.27. The minimum atomic E-state index is -3.64. The largest absolute Gasteiger partial charge is 0.352 e. The molecule has 8 nitrogen and oxygen atoms in total. The van der Waals surface area contributed by atoms with Crippen LogP contribution in [-0.2, 0) is 19.6 Å². The maximum absolute atomic E-state index is 12.9. The van der Waals surface area contributed by atoms with E-state index in [0.29, 0.717) is 39.0 Å². The molecule has 0 radical (unpaired) electrons. The second kappa shape index (κ2) is 10.1. The van der Waals surface area contributed by atoms with Gasteiger partial charge in [0.15, 0.2) is 0 Å². The molecule has 1 aromatic carbocycles. The number of likely N-dealkylation sites (tertiary alicyclic amines) is 1. The highest BCUT2D eigenvalue weighted by molar-refractivity contribution is 7.91. The summed E-state index contributed by atoms with van der Waals surface area (Å²) in [6, 6.07) is 12.0. The van der Waals surface area contributed by atoms with Gasteiger partial charge in [-0.2, -0.15) is 4.31 Å². The Balaban J connectivity index is 1.26. The van der Waals surface area contributed by atoms with E-state index in [1.807, 2.05) is 30.3 Å². The summed E-state index contributed by atoms with van der Waals surface area (Å²) < 4.78 is 27.4. The molecule has 0 aliphatic carbocycles. The smallest absolute Gasteiger partial charge is 0.253 e. The number of rotatable bonds is 7. The first-order chi connectivity index (χ1) is 15.4. The maximum atomic E-state index is 12.9. The first-order valence-corrected chi connectivity index (χ1v) is 13.2. The first kappa shape index (κ1) is 22.9. The molecule has 0 saturated carbocycles. The van der Waals surface area contributed by atoms with E-state index in [2.05, 4.69) is 15.5 Å². The van der Waals surface area contributed by atoms with E-state index in [4.69, 9.17) is 0 Å². The fourth-order valence-corrected chi connectivity index (χ4v) is 7.05. The monoisotopic (exact) mass is 476 g/mol. The SMILES string of the molecule is O=C(CN1CCC(NC(=O)C2CCCN2S(=O)(=O)c2cccs2)CC1)Nc1ccccc1. The van der Waals surface area contributed by atoms with Gasteiger partial charge in [0, 0.05) is 31.4 Å². The molecule has 1 atom stereocenters. The van der Waals surface area contributed by atoms with Crippen molar-refractivity contribution in [2.75, 3.05) is 31.5 Å². The molecule has 3 heterocycles. The summed E-state index contributed by atoms with van der Waals surface area (Å²) in [5.41, 5.74) is 0.776. The molecule has 2 fully saturated rings. The van der Waals surface area contributed by atoms with Crippen LogP contribution in [0.5, 0.6) is 0 Å². The number of hydrogen-bond donors (Lipinski definition) is 2. The summed E-state index contributed by atoms with van der Waals surface area (Å²) in [4.78, 5) is 27.2. The van der Waals surface area contributed by atoms with Crippen LogP contribution in [0.1, 0.15) is 25.7 Å². The van der Waals surface area contributed by atoms with Gasteiger partial charge in [0.25, 0.3) is 10.0 Å². The zero-order chi connectivity index (χ0) is 22.6. The summed E-state index contributed by atoms with van der Waals surface area (Å²) >= 11 is 1.17. The van der Waals surface area contributed by atoms with Gasteiger partial charge in [0.05, 0.1) is 6.54 Å². The van der Waals surface area contributed by atoms with Gasteiger partial charge < -0.3 is 10.6 Å². The van der Waals surface area contributed by atoms with Gasteiger partial charge in [-0.1, -0.05) is 24.3 Å². The number of para-hydroxylation sites is 1. The van der Waals surface area contributed by atoms with Crippen LogP contribution in [0.3, 0.4) is 0 Å². The molecule has 2 aromatic rings. The van der Waals surface area contributed by atoms with Crippen molar-refractivity contribution in [3.8, 4) is 0 Å². The lowest BCUT2D eigenvalue weighted by atomic mass is 10.0. The average Bonchev–Trinajstić information content (AvgIpc) is 3.49. The lowest BCUT2D eigenvalue weighted by Crippen LogP contribution is -2.51. The Labute approximate surface area is 192 Å². The normalized spacial score (nSPS) is 20.8. The number of nitrogens with zero attached hydrogens (tertiary/aromatic N) is 2. The first-order valence-electron chi connectivity index (χ1n) is 10.9. The Hall–Kier alpha value is -2.27. The van der Waals surface area contributed by atoms with Crippen molar-refractivity contribution >= 4 is 38.9 Å². The predicted molar refractivity (Wildman–Crippen MR) is 124 cm³/mol. The molecule has 2 saturated heterocycles. The van der Waals surface area contributed by atoms with Gasteiger partial charge in [-0.15, -0.1) is 11.3 Å². The van der Waals surface area contributed by atoms with Crippen LogP contribution in [-0.4, -0.2) is 67.7 Å². The summed E-state index contributed by atoms with van der Waals surface area (Å²) in [6.07, 6.45) is 2.68. The molecule has 0 spiro atoms.